The van der Waals surface area contributed by atoms with Gasteiger partial charge in [-0.05, 0) is 17.7 Å². The van der Waals surface area contributed by atoms with Gasteiger partial charge in [-0.2, -0.15) is 0 Å². The van der Waals surface area contributed by atoms with Crippen molar-refractivity contribution in [2.45, 2.75) is 18.5 Å². The van der Waals surface area contributed by atoms with Gasteiger partial charge in [0.1, 0.15) is 11.8 Å². The minimum Gasteiger partial charge on any atom is -0.467 e. The molecule has 2 heterocycles. The topological polar surface area (TPSA) is 59.5 Å². The molecular formula is C15H16N2O2. The first-order valence-corrected chi connectivity index (χ1v) is 6.39. The van der Waals surface area contributed by atoms with Crippen molar-refractivity contribution in [3.63, 3.8) is 0 Å². The van der Waals surface area contributed by atoms with E-state index in [1.165, 1.54) is 0 Å². The molecule has 0 radical (unpaired) electrons. The molecule has 1 aliphatic rings. The highest BCUT2D eigenvalue weighted by molar-refractivity contribution is 5.80. The molecule has 1 saturated heterocycles. The number of furan rings is 1. The molecule has 0 bridgehead atoms. The summed E-state index contributed by atoms with van der Waals surface area (Å²) in [6.07, 6.45) is 2.04. The van der Waals surface area contributed by atoms with E-state index in [9.17, 15) is 4.79 Å². The molecule has 1 aromatic heterocycles. The summed E-state index contributed by atoms with van der Waals surface area (Å²) in [5.41, 5.74) is 6.93. The summed E-state index contributed by atoms with van der Waals surface area (Å²) in [6.45, 7) is 0.569. The SMILES string of the molecule is NC1CC(=O)N(C(c2ccccc2)c2ccco2)C1. The Morgan fingerprint density at radius 2 is 2.00 bits per heavy atom. The van der Waals surface area contributed by atoms with Gasteiger partial charge in [0, 0.05) is 19.0 Å². The second kappa shape index (κ2) is 4.90. The van der Waals surface area contributed by atoms with Crippen LogP contribution in [0.4, 0.5) is 0 Å². The van der Waals surface area contributed by atoms with Crippen LogP contribution in [0.2, 0.25) is 0 Å². The standard InChI is InChI=1S/C15H16N2O2/c16-12-9-14(18)17(10-12)15(13-7-4-8-19-13)11-5-2-1-3-6-11/h1-8,12,15H,9-10,16H2. The van der Waals surface area contributed by atoms with Crippen LogP contribution in [0.1, 0.15) is 23.8 Å². The largest absolute Gasteiger partial charge is 0.467 e. The zero-order chi connectivity index (χ0) is 13.2. The molecule has 2 unspecified atom stereocenters. The average Bonchev–Trinajstić information content (AvgIpc) is 3.03. The van der Waals surface area contributed by atoms with Crippen LogP contribution in [0.25, 0.3) is 0 Å². The highest BCUT2D eigenvalue weighted by Crippen LogP contribution is 2.32. The third-order valence-electron chi connectivity index (χ3n) is 3.43. The summed E-state index contributed by atoms with van der Waals surface area (Å²) in [5, 5.41) is 0. The van der Waals surface area contributed by atoms with Crippen LogP contribution < -0.4 is 5.73 Å². The summed E-state index contributed by atoms with van der Waals surface area (Å²) < 4.78 is 5.51. The van der Waals surface area contributed by atoms with Gasteiger partial charge < -0.3 is 15.1 Å². The van der Waals surface area contributed by atoms with Gasteiger partial charge in [0.2, 0.25) is 5.91 Å². The van der Waals surface area contributed by atoms with E-state index in [1.54, 1.807) is 11.2 Å². The van der Waals surface area contributed by atoms with Gasteiger partial charge in [-0.15, -0.1) is 0 Å². The molecule has 0 spiro atoms. The highest BCUT2D eigenvalue weighted by Gasteiger charge is 2.35. The third-order valence-corrected chi connectivity index (χ3v) is 3.43. The van der Waals surface area contributed by atoms with Crippen LogP contribution in [0.3, 0.4) is 0 Å². The zero-order valence-corrected chi connectivity index (χ0v) is 10.5. The predicted octanol–water partition coefficient (Wildman–Crippen LogP) is 1.93. The van der Waals surface area contributed by atoms with E-state index in [0.717, 1.165) is 11.3 Å². The van der Waals surface area contributed by atoms with E-state index in [-0.39, 0.29) is 18.0 Å². The van der Waals surface area contributed by atoms with Crippen molar-refractivity contribution in [1.82, 2.24) is 4.90 Å². The van der Waals surface area contributed by atoms with Crippen molar-refractivity contribution in [2.75, 3.05) is 6.54 Å². The molecule has 2 N–H and O–H groups in total. The van der Waals surface area contributed by atoms with Gasteiger partial charge in [-0.3, -0.25) is 4.79 Å². The van der Waals surface area contributed by atoms with Crippen LogP contribution in [0, 0.1) is 0 Å². The van der Waals surface area contributed by atoms with E-state index in [1.807, 2.05) is 42.5 Å². The molecule has 0 aliphatic carbocycles. The second-order valence-electron chi connectivity index (χ2n) is 4.84. The Labute approximate surface area is 111 Å². The Kier molecular flexibility index (Phi) is 3.09. The van der Waals surface area contributed by atoms with Gasteiger partial charge in [0.05, 0.1) is 6.26 Å². The third kappa shape index (κ3) is 2.27. The lowest BCUT2D eigenvalue weighted by molar-refractivity contribution is -0.129. The number of carbonyl (C=O) groups is 1. The van der Waals surface area contributed by atoms with Gasteiger partial charge in [0.25, 0.3) is 0 Å². The van der Waals surface area contributed by atoms with Crippen molar-refractivity contribution >= 4 is 5.91 Å². The predicted molar refractivity (Wildman–Crippen MR) is 71.3 cm³/mol. The van der Waals surface area contributed by atoms with Crippen LogP contribution >= 0.6 is 0 Å². The minimum absolute atomic E-state index is 0.0813. The Balaban J connectivity index is 2.00. The molecule has 2 atom stereocenters. The molecule has 0 saturated carbocycles. The number of carbonyl (C=O) groups excluding carboxylic acids is 1. The van der Waals surface area contributed by atoms with Crippen LogP contribution in [-0.4, -0.2) is 23.4 Å². The number of rotatable bonds is 3. The van der Waals surface area contributed by atoms with Crippen LogP contribution in [0.5, 0.6) is 0 Å². The summed E-state index contributed by atoms with van der Waals surface area (Å²) in [7, 11) is 0. The van der Waals surface area contributed by atoms with Crippen molar-refractivity contribution in [2.24, 2.45) is 5.73 Å². The van der Waals surface area contributed by atoms with Crippen molar-refractivity contribution in [3.05, 3.63) is 60.1 Å². The number of nitrogens with zero attached hydrogens (tertiary/aromatic N) is 1. The summed E-state index contributed by atoms with van der Waals surface area (Å²) >= 11 is 0. The zero-order valence-electron chi connectivity index (χ0n) is 10.5. The Bertz CT molecular complexity index is 551. The van der Waals surface area contributed by atoms with Gasteiger partial charge in [-0.1, -0.05) is 30.3 Å². The number of nitrogens with two attached hydrogens (primary N) is 1. The van der Waals surface area contributed by atoms with Gasteiger partial charge in [-0.25, -0.2) is 0 Å². The maximum Gasteiger partial charge on any atom is 0.225 e. The van der Waals surface area contributed by atoms with Gasteiger partial charge in [0.15, 0.2) is 0 Å². The molecule has 4 heteroatoms. The Morgan fingerprint density at radius 3 is 2.58 bits per heavy atom. The highest BCUT2D eigenvalue weighted by atomic mass is 16.3. The van der Waals surface area contributed by atoms with Crippen molar-refractivity contribution in [3.8, 4) is 0 Å². The van der Waals surface area contributed by atoms with Crippen LogP contribution in [-0.2, 0) is 4.79 Å². The van der Waals surface area contributed by atoms with Gasteiger partial charge >= 0.3 is 0 Å². The van der Waals surface area contributed by atoms with E-state index in [0.29, 0.717) is 13.0 Å². The van der Waals surface area contributed by atoms with E-state index in [4.69, 9.17) is 10.2 Å². The van der Waals surface area contributed by atoms with Crippen molar-refractivity contribution < 1.29 is 9.21 Å². The smallest absolute Gasteiger partial charge is 0.225 e. The maximum absolute atomic E-state index is 12.1. The van der Waals surface area contributed by atoms with Crippen LogP contribution in [0.15, 0.2) is 53.1 Å². The number of hydrogen-bond donors (Lipinski definition) is 1. The average molecular weight is 256 g/mol. The number of benzene rings is 1. The summed E-state index contributed by atoms with van der Waals surface area (Å²) in [4.78, 5) is 13.9. The number of hydrogen-bond acceptors (Lipinski definition) is 3. The minimum atomic E-state index is -0.183. The molecule has 2 aromatic rings. The van der Waals surface area contributed by atoms with E-state index in [2.05, 4.69) is 0 Å². The Morgan fingerprint density at radius 1 is 1.21 bits per heavy atom. The summed E-state index contributed by atoms with van der Waals surface area (Å²) in [5.74, 6) is 0.853. The number of likely N-dealkylation sites (tertiary alicyclic amines) is 1. The molecule has 19 heavy (non-hydrogen) atoms. The molecule has 98 valence electrons. The monoisotopic (exact) mass is 256 g/mol. The molecule has 1 aromatic carbocycles. The molecule has 3 rings (SSSR count). The normalized spacial score (nSPS) is 20.8. The van der Waals surface area contributed by atoms with E-state index < -0.39 is 0 Å². The molecule has 1 aliphatic heterocycles. The molecular weight excluding hydrogens is 240 g/mol. The maximum atomic E-state index is 12.1. The lowest BCUT2D eigenvalue weighted by Crippen LogP contribution is -2.32. The molecule has 1 fully saturated rings. The summed E-state index contributed by atoms with van der Waals surface area (Å²) in [6, 6.07) is 13.4. The fourth-order valence-corrected chi connectivity index (χ4v) is 2.59. The fourth-order valence-electron chi connectivity index (χ4n) is 2.59. The first-order valence-electron chi connectivity index (χ1n) is 6.39. The lowest BCUT2D eigenvalue weighted by atomic mass is 10.0. The molecule has 4 nitrogen and oxygen atoms in total. The number of amides is 1. The fraction of sp³-hybridized carbons (Fsp3) is 0.267. The lowest BCUT2D eigenvalue weighted by Gasteiger charge is -2.26. The molecule has 1 amide bonds. The first-order chi connectivity index (χ1) is 9.25. The second-order valence-corrected chi connectivity index (χ2v) is 4.84. The quantitative estimate of drug-likeness (QED) is 0.912. The Hall–Kier alpha value is -2.07. The van der Waals surface area contributed by atoms with E-state index >= 15 is 0 Å². The van der Waals surface area contributed by atoms with Crippen molar-refractivity contribution in [1.29, 1.82) is 0 Å². The first kappa shape index (κ1) is 12.0.